The highest BCUT2D eigenvalue weighted by molar-refractivity contribution is 5.96. The lowest BCUT2D eigenvalue weighted by atomic mass is 10.2. The van der Waals surface area contributed by atoms with E-state index in [9.17, 15) is 9.59 Å². The number of carbonyl (C=O) groups is 2. The van der Waals surface area contributed by atoms with Crippen LogP contribution in [0.25, 0.3) is 11.0 Å². The largest absolute Gasteiger partial charge is 0.453 e. The number of piperazine rings is 1. The number of fused-ring (bicyclic) bond motifs is 1. The first-order valence-electron chi connectivity index (χ1n) is 8.50. The average molecular weight is 344 g/mol. The number of Topliss-reactive ketones (excluding diaryl/α,β-unsaturated/α-hetero) is 1. The van der Waals surface area contributed by atoms with Gasteiger partial charge in [0.2, 0.25) is 0 Å². The van der Waals surface area contributed by atoms with Crippen LogP contribution < -0.4 is 4.90 Å². The minimum atomic E-state index is -0.477. The Morgan fingerprint density at radius 3 is 2.36 bits per heavy atom. The third kappa shape index (κ3) is 3.95. The maximum atomic E-state index is 12.1. The van der Waals surface area contributed by atoms with Crippen LogP contribution in [0.5, 0.6) is 0 Å². The molecule has 134 valence electrons. The molecule has 0 bridgehead atoms. The summed E-state index contributed by atoms with van der Waals surface area (Å²) in [4.78, 5) is 27.6. The lowest BCUT2D eigenvalue weighted by Gasteiger charge is -2.36. The van der Waals surface area contributed by atoms with E-state index in [2.05, 4.69) is 4.90 Å². The zero-order chi connectivity index (χ0) is 18.2. The first-order chi connectivity index (χ1) is 11.7. The number of ketones is 1. The minimum Gasteiger partial charge on any atom is -0.453 e. The molecule has 0 unspecified atom stereocenters. The second-order valence-electron chi connectivity index (χ2n) is 7.34. The number of nitrogens with zero attached hydrogens (tertiary/aromatic N) is 2. The molecule has 0 aliphatic carbocycles. The lowest BCUT2D eigenvalue weighted by Crippen LogP contribution is -2.50. The van der Waals surface area contributed by atoms with Crippen LogP contribution in [0.15, 0.2) is 28.7 Å². The van der Waals surface area contributed by atoms with E-state index in [1.165, 1.54) is 6.92 Å². The molecule has 1 saturated heterocycles. The van der Waals surface area contributed by atoms with Gasteiger partial charge in [0.25, 0.3) is 0 Å². The Morgan fingerprint density at radius 1 is 1.08 bits per heavy atom. The number of anilines is 1. The van der Waals surface area contributed by atoms with Gasteiger partial charge in [-0.05, 0) is 45.0 Å². The van der Waals surface area contributed by atoms with E-state index >= 15 is 0 Å². The van der Waals surface area contributed by atoms with Crippen molar-refractivity contribution in [2.45, 2.75) is 33.3 Å². The standard InChI is InChI=1S/C19H24N2O4/c1-13(22)17-12-14-11-15(5-6-16(14)24-17)20-7-9-21(10-8-20)18(23)25-19(2,3)4/h5-6,11-12H,7-10H2,1-4H3. The Kier molecular flexibility index (Phi) is 4.45. The van der Waals surface area contributed by atoms with Crippen molar-refractivity contribution in [3.05, 3.63) is 30.0 Å². The quantitative estimate of drug-likeness (QED) is 0.778. The zero-order valence-corrected chi connectivity index (χ0v) is 15.2. The summed E-state index contributed by atoms with van der Waals surface area (Å²) in [6.07, 6.45) is -0.261. The van der Waals surface area contributed by atoms with Crippen molar-refractivity contribution in [1.82, 2.24) is 4.90 Å². The van der Waals surface area contributed by atoms with Gasteiger partial charge in [-0.1, -0.05) is 0 Å². The highest BCUT2D eigenvalue weighted by Gasteiger charge is 2.26. The molecule has 0 atom stereocenters. The molecule has 0 spiro atoms. The van der Waals surface area contributed by atoms with Crippen molar-refractivity contribution >= 4 is 28.5 Å². The molecule has 1 aliphatic heterocycles. The van der Waals surface area contributed by atoms with Crippen LogP contribution in [0.3, 0.4) is 0 Å². The van der Waals surface area contributed by atoms with E-state index < -0.39 is 5.60 Å². The molecule has 6 heteroatoms. The summed E-state index contributed by atoms with van der Waals surface area (Å²) in [5.41, 5.74) is 1.29. The average Bonchev–Trinajstić information content (AvgIpc) is 2.97. The molecule has 0 N–H and O–H groups in total. The molecular formula is C19H24N2O4. The third-order valence-corrected chi connectivity index (χ3v) is 4.14. The topological polar surface area (TPSA) is 63.0 Å². The van der Waals surface area contributed by atoms with E-state index in [1.807, 2.05) is 39.0 Å². The van der Waals surface area contributed by atoms with Crippen LogP contribution in [-0.2, 0) is 4.74 Å². The predicted octanol–water partition coefficient (Wildman–Crippen LogP) is 3.69. The van der Waals surface area contributed by atoms with Gasteiger partial charge in [-0.3, -0.25) is 4.79 Å². The van der Waals surface area contributed by atoms with Gasteiger partial charge in [-0.15, -0.1) is 0 Å². The molecule has 0 radical (unpaired) electrons. The Balaban J connectivity index is 1.67. The Hall–Kier alpha value is -2.50. The fourth-order valence-electron chi connectivity index (χ4n) is 2.87. The van der Waals surface area contributed by atoms with Gasteiger partial charge >= 0.3 is 6.09 Å². The summed E-state index contributed by atoms with van der Waals surface area (Å²) >= 11 is 0. The van der Waals surface area contributed by atoms with Gasteiger partial charge in [-0.2, -0.15) is 0 Å². The third-order valence-electron chi connectivity index (χ3n) is 4.14. The van der Waals surface area contributed by atoms with E-state index in [4.69, 9.17) is 9.15 Å². The Labute approximate surface area is 147 Å². The predicted molar refractivity (Wildman–Crippen MR) is 96.2 cm³/mol. The Bertz CT molecular complexity index is 795. The van der Waals surface area contributed by atoms with Crippen molar-refractivity contribution in [2.24, 2.45) is 0 Å². The molecule has 1 aliphatic rings. The number of hydrogen-bond donors (Lipinski definition) is 0. The van der Waals surface area contributed by atoms with Crippen molar-refractivity contribution < 1.29 is 18.7 Å². The summed E-state index contributed by atoms with van der Waals surface area (Å²) in [7, 11) is 0. The second-order valence-corrected chi connectivity index (χ2v) is 7.34. The molecular weight excluding hydrogens is 320 g/mol. The summed E-state index contributed by atoms with van der Waals surface area (Å²) in [5, 5.41) is 0.914. The van der Waals surface area contributed by atoms with E-state index in [0.717, 1.165) is 24.2 Å². The monoisotopic (exact) mass is 344 g/mol. The molecule has 0 saturated carbocycles. The van der Waals surface area contributed by atoms with Crippen molar-refractivity contribution in [3.63, 3.8) is 0 Å². The van der Waals surface area contributed by atoms with E-state index in [1.54, 1.807) is 11.0 Å². The number of furan rings is 1. The van der Waals surface area contributed by atoms with Gasteiger partial charge in [0.05, 0.1) is 0 Å². The van der Waals surface area contributed by atoms with Crippen LogP contribution in [0.1, 0.15) is 38.2 Å². The molecule has 6 nitrogen and oxygen atoms in total. The fraction of sp³-hybridized carbons (Fsp3) is 0.474. The van der Waals surface area contributed by atoms with Gasteiger partial charge in [0.1, 0.15) is 11.2 Å². The van der Waals surface area contributed by atoms with Gasteiger partial charge in [-0.25, -0.2) is 4.79 Å². The van der Waals surface area contributed by atoms with E-state index in [0.29, 0.717) is 24.4 Å². The molecule has 1 amide bonds. The Morgan fingerprint density at radius 2 is 1.76 bits per heavy atom. The number of rotatable bonds is 2. The second kappa shape index (κ2) is 6.43. The number of hydrogen-bond acceptors (Lipinski definition) is 5. The number of benzene rings is 1. The highest BCUT2D eigenvalue weighted by Crippen LogP contribution is 2.26. The normalized spacial score (nSPS) is 15.5. The zero-order valence-electron chi connectivity index (χ0n) is 15.2. The maximum absolute atomic E-state index is 12.1. The van der Waals surface area contributed by atoms with Crippen LogP contribution in [-0.4, -0.2) is 48.6 Å². The van der Waals surface area contributed by atoms with Gasteiger partial charge in [0.15, 0.2) is 11.5 Å². The fourth-order valence-corrected chi connectivity index (χ4v) is 2.87. The maximum Gasteiger partial charge on any atom is 0.410 e. The van der Waals surface area contributed by atoms with Crippen molar-refractivity contribution in [3.8, 4) is 0 Å². The minimum absolute atomic E-state index is 0.0799. The number of carbonyl (C=O) groups excluding carboxylic acids is 2. The molecule has 1 fully saturated rings. The summed E-state index contributed by atoms with van der Waals surface area (Å²) in [6, 6.07) is 7.67. The highest BCUT2D eigenvalue weighted by atomic mass is 16.6. The SMILES string of the molecule is CC(=O)c1cc2cc(N3CCN(C(=O)OC(C)(C)C)CC3)ccc2o1. The lowest BCUT2D eigenvalue weighted by molar-refractivity contribution is 0.0240. The van der Waals surface area contributed by atoms with Gasteiger partial charge < -0.3 is 19.0 Å². The summed E-state index contributed by atoms with van der Waals surface area (Å²) in [6.45, 7) is 9.83. The molecule has 25 heavy (non-hydrogen) atoms. The molecule has 2 aromatic rings. The molecule has 1 aromatic carbocycles. The van der Waals surface area contributed by atoms with Crippen molar-refractivity contribution in [1.29, 1.82) is 0 Å². The van der Waals surface area contributed by atoms with Crippen LogP contribution in [0.2, 0.25) is 0 Å². The molecule has 3 rings (SSSR count). The number of ether oxygens (including phenoxy) is 1. The summed E-state index contributed by atoms with van der Waals surface area (Å²) < 4.78 is 11.0. The van der Waals surface area contributed by atoms with Crippen LogP contribution >= 0.6 is 0 Å². The van der Waals surface area contributed by atoms with E-state index in [-0.39, 0.29) is 11.9 Å². The smallest absolute Gasteiger partial charge is 0.410 e. The van der Waals surface area contributed by atoms with Crippen LogP contribution in [0, 0.1) is 0 Å². The first-order valence-corrected chi connectivity index (χ1v) is 8.50. The van der Waals surface area contributed by atoms with Crippen molar-refractivity contribution in [2.75, 3.05) is 31.1 Å². The number of amides is 1. The first kappa shape index (κ1) is 17.3. The van der Waals surface area contributed by atoms with Crippen LogP contribution in [0.4, 0.5) is 10.5 Å². The molecule has 2 heterocycles. The van der Waals surface area contributed by atoms with Gasteiger partial charge in [0, 0.05) is 44.2 Å². The molecule has 1 aromatic heterocycles. The summed E-state index contributed by atoms with van der Waals surface area (Å²) in [5.74, 6) is 0.297.